The highest BCUT2D eigenvalue weighted by atomic mass is 16.5. The number of carbonyl (C=O) groups excluding carboxylic acids is 1. The predicted molar refractivity (Wildman–Crippen MR) is 106 cm³/mol. The van der Waals surface area contributed by atoms with Crippen LogP contribution in [0.2, 0.25) is 0 Å². The molecule has 1 aliphatic rings. The van der Waals surface area contributed by atoms with Crippen molar-refractivity contribution >= 4 is 17.4 Å². The Morgan fingerprint density at radius 2 is 1.96 bits per heavy atom. The van der Waals surface area contributed by atoms with Crippen molar-refractivity contribution in [3.63, 3.8) is 0 Å². The Morgan fingerprint density at radius 1 is 1.15 bits per heavy atom. The zero-order valence-corrected chi connectivity index (χ0v) is 16.0. The fourth-order valence-corrected chi connectivity index (χ4v) is 3.13. The van der Waals surface area contributed by atoms with Crippen molar-refractivity contribution < 1.29 is 9.53 Å². The number of methoxy groups -OCH3 is 1. The van der Waals surface area contributed by atoms with Gasteiger partial charge in [-0.05, 0) is 43.2 Å². The van der Waals surface area contributed by atoms with E-state index >= 15 is 0 Å². The van der Waals surface area contributed by atoms with E-state index in [0.29, 0.717) is 31.2 Å². The van der Waals surface area contributed by atoms with Gasteiger partial charge in [-0.3, -0.25) is 4.79 Å². The van der Waals surface area contributed by atoms with Gasteiger partial charge in [-0.15, -0.1) is 10.2 Å². The van der Waals surface area contributed by atoms with Gasteiger partial charge in [0.25, 0.3) is 5.91 Å². The number of amides is 1. The van der Waals surface area contributed by atoms with E-state index in [1.165, 1.54) is 11.3 Å². The second-order valence-electron chi connectivity index (χ2n) is 6.70. The van der Waals surface area contributed by atoms with Gasteiger partial charge in [0.15, 0.2) is 5.69 Å². The normalized spacial score (nSPS) is 14.3. The monoisotopic (exact) mass is 369 g/mol. The van der Waals surface area contributed by atoms with Crippen molar-refractivity contribution in [3.8, 4) is 0 Å². The first-order valence-electron chi connectivity index (χ1n) is 9.35. The van der Waals surface area contributed by atoms with Crippen LogP contribution in [0, 0.1) is 6.92 Å². The van der Waals surface area contributed by atoms with Gasteiger partial charge in [0, 0.05) is 52.1 Å². The van der Waals surface area contributed by atoms with E-state index in [1.807, 2.05) is 4.90 Å². The lowest BCUT2D eigenvalue weighted by Gasteiger charge is -2.36. The number of nitrogens with zero attached hydrogens (tertiary/aromatic N) is 4. The average Bonchev–Trinajstić information content (AvgIpc) is 2.71. The number of nitrogens with one attached hydrogen (secondary N) is 1. The lowest BCUT2D eigenvalue weighted by Crippen LogP contribution is -2.49. The number of hydrogen-bond donors (Lipinski definition) is 1. The Kier molecular flexibility index (Phi) is 6.59. The van der Waals surface area contributed by atoms with Crippen LogP contribution in [-0.2, 0) is 4.74 Å². The summed E-state index contributed by atoms with van der Waals surface area (Å²) in [6.45, 7) is 6.57. The number of hydrogen-bond acceptors (Lipinski definition) is 6. The van der Waals surface area contributed by atoms with Crippen LogP contribution in [0.1, 0.15) is 22.5 Å². The summed E-state index contributed by atoms with van der Waals surface area (Å²) in [7, 11) is 1.68. The molecule has 0 aliphatic carbocycles. The Bertz CT molecular complexity index is 742. The molecule has 3 rings (SSSR count). The number of piperazine rings is 1. The molecule has 0 atom stereocenters. The molecule has 1 saturated heterocycles. The minimum atomic E-state index is -0.0580. The molecule has 144 valence electrons. The van der Waals surface area contributed by atoms with Gasteiger partial charge in [-0.2, -0.15) is 0 Å². The molecule has 1 aliphatic heterocycles. The second kappa shape index (κ2) is 9.32. The lowest BCUT2D eigenvalue weighted by molar-refractivity contribution is 0.0739. The summed E-state index contributed by atoms with van der Waals surface area (Å²) >= 11 is 0. The zero-order valence-electron chi connectivity index (χ0n) is 16.0. The van der Waals surface area contributed by atoms with Crippen molar-refractivity contribution in [1.82, 2.24) is 15.1 Å². The third-order valence-corrected chi connectivity index (χ3v) is 4.65. The van der Waals surface area contributed by atoms with E-state index in [-0.39, 0.29) is 5.91 Å². The van der Waals surface area contributed by atoms with Crippen LogP contribution in [0.25, 0.3) is 0 Å². The topological polar surface area (TPSA) is 70.6 Å². The third kappa shape index (κ3) is 5.17. The van der Waals surface area contributed by atoms with Gasteiger partial charge < -0.3 is 19.9 Å². The van der Waals surface area contributed by atoms with Crippen molar-refractivity contribution in [2.75, 3.05) is 56.7 Å². The molecule has 1 N–H and O–H groups in total. The molecule has 0 saturated carbocycles. The first kappa shape index (κ1) is 19.1. The largest absolute Gasteiger partial charge is 0.385 e. The molecule has 2 heterocycles. The highest BCUT2D eigenvalue weighted by Crippen LogP contribution is 2.18. The number of rotatable bonds is 7. The van der Waals surface area contributed by atoms with Crippen LogP contribution >= 0.6 is 0 Å². The van der Waals surface area contributed by atoms with E-state index in [0.717, 1.165) is 26.1 Å². The van der Waals surface area contributed by atoms with Crippen LogP contribution in [0.4, 0.5) is 11.5 Å². The molecule has 0 bridgehead atoms. The molecule has 1 amide bonds. The summed E-state index contributed by atoms with van der Waals surface area (Å²) in [5, 5.41) is 11.4. The maximum absolute atomic E-state index is 12.7. The molecule has 27 heavy (non-hydrogen) atoms. The van der Waals surface area contributed by atoms with Crippen molar-refractivity contribution in [3.05, 3.63) is 47.7 Å². The number of benzene rings is 1. The quantitative estimate of drug-likeness (QED) is 0.755. The third-order valence-electron chi connectivity index (χ3n) is 4.65. The molecule has 1 aromatic heterocycles. The van der Waals surface area contributed by atoms with Crippen molar-refractivity contribution in [1.29, 1.82) is 0 Å². The summed E-state index contributed by atoms with van der Waals surface area (Å²) in [5.74, 6) is 0.615. The SMILES string of the molecule is COCCCNc1ccc(C(=O)N2CCN(c3cccc(C)c3)CC2)nn1. The molecular weight excluding hydrogens is 342 g/mol. The first-order valence-corrected chi connectivity index (χ1v) is 9.35. The standard InChI is InChI=1S/C20H27N5O2/c1-16-5-3-6-17(15-16)24-10-12-25(13-11-24)20(26)18-7-8-19(23-22-18)21-9-4-14-27-2/h3,5-8,15H,4,9-14H2,1-2H3,(H,21,23). The summed E-state index contributed by atoms with van der Waals surface area (Å²) in [6, 6.07) is 12.0. The summed E-state index contributed by atoms with van der Waals surface area (Å²) in [4.78, 5) is 16.8. The second-order valence-corrected chi connectivity index (χ2v) is 6.70. The smallest absolute Gasteiger partial charge is 0.274 e. The Morgan fingerprint density at radius 3 is 2.63 bits per heavy atom. The van der Waals surface area contributed by atoms with Crippen LogP contribution in [0.15, 0.2) is 36.4 Å². The van der Waals surface area contributed by atoms with E-state index in [1.54, 1.807) is 19.2 Å². The minimum absolute atomic E-state index is 0.0580. The molecule has 7 nitrogen and oxygen atoms in total. The lowest BCUT2D eigenvalue weighted by atomic mass is 10.2. The minimum Gasteiger partial charge on any atom is -0.385 e. The maximum atomic E-state index is 12.7. The van der Waals surface area contributed by atoms with Gasteiger partial charge in [0.05, 0.1) is 0 Å². The number of ether oxygens (including phenoxy) is 1. The molecule has 2 aromatic rings. The van der Waals surface area contributed by atoms with E-state index in [9.17, 15) is 4.79 Å². The molecule has 1 aromatic carbocycles. The van der Waals surface area contributed by atoms with Crippen molar-refractivity contribution in [2.45, 2.75) is 13.3 Å². The van der Waals surface area contributed by atoms with Crippen LogP contribution in [0.5, 0.6) is 0 Å². The predicted octanol–water partition coefficient (Wildman–Crippen LogP) is 2.20. The number of aryl methyl sites for hydroxylation is 1. The van der Waals surface area contributed by atoms with Gasteiger partial charge >= 0.3 is 0 Å². The average molecular weight is 369 g/mol. The van der Waals surface area contributed by atoms with Gasteiger partial charge in [0.1, 0.15) is 5.82 Å². The highest BCUT2D eigenvalue weighted by Gasteiger charge is 2.23. The van der Waals surface area contributed by atoms with Crippen LogP contribution in [-0.4, -0.2) is 67.4 Å². The van der Waals surface area contributed by atoms with Crippen LogP contribution in [0.3, 0.4) is 0 Å². The zero-order chi connectivity index (χ0) is 19.1. The highest BCUT2D eigenvalue weighted by molar-refractivity contribution is 5.92. The fourth-order valence-electron chi connectivity index (χ4n) is 3.13. The van der Waals surface area contributed by atoms with E-state index in [4.69, 9.17) is 4.74 Å². The number of anilines is 2. The Labute approximate surface area is 160 Å². The van der Waals surface area contributed by atoms with Gasteiger partial charge in [-0.1, -0.05) is 12.1 Å². The first-order chi connectivity index (χ1) is 13.2. The maximum Gasteiger partial charge on any atom is 0.274 e. The molecule has 0 spiro atoms. The molecule has 0 radical (unpaired) electrons. The summed E-state index contributed by atoms with van der Waals surface area (Å²) < 4.78 is 5.01. The van der Waals surface area contributed by atoms with Crippen LogP contribution < -0.4 is 10.2 Å². The Hall–Kier alpha value is -2.67. The molecule has 1 fully saturated rings. The van der Waals surface area contributed by atoms with Crippen molar-refractivity contribution in [2.24, 2.45) is 0 Å². The van der Waals surface area contributed by atoms with E-state index in [2.05, 4.69) is 51.6 Å². The summed E-state index contributed by atoms with van der Waals surface area (Å²) in [6.07, 6.45) is 0.893. The fraction of sp³-hybridized carbons (Fsp3) is 0.450. The van der Waals surface area contributed by atoms with Gasteiger partial charge in [-0.25, -0.2) is 0 Å². The summed E-state index contributed by atoms with van der Waals surface area (Å²) in [5.41, 5.74) is 2.85. The Balaban J connectivity index is 1.51. The number of aromatic nitrogens is 2. The van der Waals surface area contributed by atoms with E-state index < -0.39 is 0 Å². The molecule has 7 heteroatoms. The molecular formula is C20H27N5O2. The number of carbonyl (C=O) groups is 1. The molecule has 0 unspecified atom stereocenters. The van der Waals surface area contributed by atoms with Gasteiger partial charge in [0.2, 0.25) is 0 Å².